The summed E-state index contributed by atoms with van der Waals surface area (Å²) in [7, 11) is 0. The van der Waals surface area contributed by atoms with E-state index >= 15 is 0 Å². The molecule has 0 saturated carbocycles. The molecule has 0 aliphatic heterocycles. The Labute approximate surface area is 99.9 Å². The highest BCUT2D eigenvalue weighted by atomic mass is 35.5. The van der Waals surface area contributed by atoms with Crippen molar-refractivity contribution in [1.82, 2.24) is 0 Å². The Bertz CT molecular complexity index is 435. The molecule has 1 rings (SSSR count). The fourth-order valence-electron chi connectivity index (χ4n) is 1.05. The maximum atomic E-state index is 12.8. The fourth-order valence-corrected chi connectivity index (χ4v) is 1.11. The van der Waals surface area contributed by atoms with Gasteiger partial charge in [-0.15, -0.1) is 0 Å². The summed E-state index contributed by atoms with van der Waals surface area (Å²) in [6.45, 7) is 5.44. The van der Waals surface area contributed by atoms with Crippen LogP contribution < -0.4 is 5.32 Å². The van der Waals surface area contributed by atoms with Crippen molar-refractivity contribution in [2.24, 2.45) is 0 Å². The van der Waals surface area contributed by atoms with Crippen molar-refractivity contribution in [3.63, 3.8) is 0 Å². The molecule has 0 aliphatic rings. The number of benzene rings is 1. The molecule has 0 bridgehead atoms. The van der Waals surface area contributed by atoms with Gasteiger partial charge in [-0.25, -0.2) is 4.39 Å². The molecule has 0 unspecified atom stereocenters. The molecular formula is C13H13ClFN. The van der Waals surface area contributed by atoms with Crippen LogP contribution in [0.5, 0.6) is 0 Å². The lowest BCUT2D eigenvalue weighted by molar-refractivity contribution is 0.628. The van der Waals surface area contributed by atoms with Crippen LogP contribution in [0.2, 0.25) is 0 Å². The number of hydrogen-bond donors (Lipinski definition) is 1. The van der Waals surface area contributed by atoms with Gasteiger partial charge in [0.05, 0.1) is 0 Å². The Morgan fingerprint density at radius 1 is 1.44 bits per heavy atom. The van der Waals surface area contributed by atoms with Crippen molar-refractivity contribution < 1.29 is 4.39 Å². The normalized spacial score (nSPS) is 11.8. The number of halogens is 2. The smallest absolute Gasteiger partial charge is 0.125 e. The molecule has 84 valence electrons. The Kier molecular flexibility index (Phi) is 4.80. The molecule has 0 amide bonds. The molecule has 1 N–H and O–H groups in total. The molecule has 1 aromatic rings. The molecular weight excluding hydrogens is 225 g/mol. The van der Waals surface area contributed by atoms with E-state index < -0.39 is 0 Å². The Morgan fingerprint density at radius 3 is 2.81 bits per heavy atom. The largest absolute Gasteiger partial charge is 0.361 e. The first kappa shape index (κ1) is 12.5. The molecule has 0 spiro atoms. The van der Waals surface area contributed by atoms with Gasteiger partial charge in [0.2, 0.25) is 0 Å². The molecule has 0 heterocycles. The van der Waals surface area contributed by atoms with Crippen molar-refractivity contribution in [2.75, 3.05) is 5.32 Å². The highest BCUT2D eigenvalue weighted by Gasteiger charge is 1.91. The van der Waals surface area contributed by atoms with Crippen LogP contribution in [0.3, 0.4) is 0 Å². The van der Waals surface area contributed by atoms with Gasteiger partial charge in [0, 0.05) is 16.9 Å². The second-order valence-corrected chi connectivity index (χ2v) is 3.81. The predicted octanol–water partition coefficient (Wildman–Crippen LogP) is 4.45. The number of nitrogens with one attached hydrogen (secondary N) is 1. The van der Waals surface area contributed by atoms with E-state index in [0.29, 0.717) is 10.7 Å². The topological polar surface area (TPSA) is 12.0 Å². The van der Waals surface area contributed by atoms with Gasteiger partial charge in [0.25, 0.3) is 0 Å². The quantitative estimate of drug-likeness (QED) is 0.763. The van der Waals surface area contributed by atoms with Crippen molar-refractivity contribution in [3.8, 4) is 0 Å². The molecule has 0 saturated heterocycles. The van der Waals surface area contributed by atoms with Gasteiger partial charge in [-0.3, -0.25) is 0 Å². The average molecular weight is 238 g/mol. The van der Waals surface area contributed by atoms with Crippen molar-refractivity contribution in [3.05, 3.63) is 65.6 Å². The summed E-state index contributed by atoms with van der Waals surface area (Å²) in [5, 5.41) is 3.45. The third-order valence-corrected chi connectivity index (χ3v) is 1.94. The minimum Gasteiger partial charge on any atom is -0.361 e. The van der Waals surface area contributed by atoms with E-state index in [1.165, 1.54) is 12.1 Å². The second kappa shape index (κ2) is 6.13. The first-order valence-electron chi connectivity index (χ1n) is 4.79. The maximum absolute atomic E-state index is 12.8. The van der Waals surface area contributed by atoms with Crippen LogP contribution in [0.1, 0.15) is 6.92 Å². The van der Waals surface area contributed by atoms with Crippen molar-refractivity contribution in [1.29, 1.82) is 0 Å². The summed E-state index contributed by atoms with van der Waals surface area (Å²) in [6, 6.07) is 6.27. The van der Waals surface area contributed by atoms with Crippen molar-refractivity contribution in [2.45, 2.75) is 6.92 Å². The molecule has 0 aliphatic carbocycles. The molecule has 0 radical (unpaired) electrons. The van der Waals surface area contributed by atoms with Crippen LogP contribution in [0.25, 0.3) is 0 Å². The van der Waals surface area contributed by atoms with Gasteiger partial charge in [0.15, 0.2) is 0 Å². The fraction of sp³-hybridized carbons (Fsp3) is 0.0769. The molecule has 0 fully saturated rings. The van der Waals surface area contributed by atoms with Gasteiger partial charge in [0.1, 0.15) is 5.82 Å². The Hall–Kier alpha value is -1.54. The Balaban J connectivity index is 2.62. The summed E-state index contributed by atoms with van der Waals surface area (Å²) in [4.78, 5) is 0. The summed E-state index contributed by atoms with van der Waals surface area (Å²) in [5.74, 6) is -0.263. The van der Waals surface area contributed by atoms with Gasteiger partial charge in [-0.05, 0) is 36.8 Å². The van der Waals surface area contributed by atoms with Crippen LogP contribution >= 0.6 is 11.6 Å². The minimum absolute atomic E-state index is 0.263. The summed E-state index contributed by atoms with van der Waals surface area (Å²) in [5.41, 5.74) is 1.67. The number of anilines is 1. The lowest BCUT2D eigenvalue weighted by atomic mass is 10.3. The maximum Gasteiger partial charge on any atom is 0.125 e. The minimum atomic E-state index is -0.263. The SMILES string of the molecule is C=C(Cl)C=CC(C)=CNc1cccc(F)c1. The van der Waals surface area contributed by atoms with Crippen LogP contribution in [0, 0.1) is 5.82 Å². The summed E-state index contributed by atoms with van der Waals surface area (Å²) in [6.07, 6.45) is 5.29. The lowest BCUT2D eigenvalue weighted by Gasteiger charge is -2.01. The van der Waals surface area contributed by atoms with Crippen LogP contribution in [-0.4, -0.2) is 0 Å². The van der Waals surface area contributed by atoms with Crippen LogP contribution in [-0.2, 0) is 0 Å². The summed E-state index contributed by atoms with van der Waals surface area (Å²) < 4.78 is 12.8. The van der Waals surface area contributed by atoms with E-state index in [1.807, 2.05) is 13.0 Å². The van der Waals surface area contributed by atoms with Gasteiger partial charge in [-0.1, -0.05) is 30.3 Å². The molecule has 1 aromatic carbocycles. The zero-order chi connectivity index (χ0) is 12.0. The van der Waals surface area contributed by atoms with E-state index in [-0.39, 0.29) is 5.82 Å². The predicted molar refractivity (Wildman–Crippen MR) is 67.9 cm³/mol. The van der Waals surface area contributed by atoms with E-state index in [0.717, 1.165) is 5.57 Å². The standard InChI is InChI=1S/C13H13ClFN/c1-10(6-7-11(2)14)9-16-13-5-3-4-12(15)8-13/h3-9,16H,2H2,1H3. The monoisotopic (exact) mass is 237 g/mol. The second-order valence-electron chi connectivity index (χ2n) is 3.32. The van der Waals surface area contributed by atoms with Gasteiger partial charge < -0.3 is 5.32 Å². The van der Waals surface area contributed by atoms with Crippen LogP contribution in [0.15, 0.2) is 59.8 Å². The molecule has 16 heavy (non-hydrogen) atoms. The van der Waals surface area contributed by atoms with E-state index in [2.05, 4.69) is 11.9 Å². The highest BCUT2D eigenvalue weighted by Crippen LogP contribution is 2.10. The molecule has 1 nitrogen and oxygen atoms in total. The molecule has 3 heteroatoms. The third kappa shape index (κ3) is 4.80. The average Bonchev–Trinajstić information content (AvgIpc) is 2.23. The first-order chi connectivity index (χ1) is 7.58. The Morgan fingerprint density at radius 2 is 2.19 bits per heavy atom. The number of allylic oxidation sites excluding steroid dienone is 4. The summed E-state index contributed by atoms with van der Waals surface area (Å²) >= 11 is 5.58. The molecule has 0 atom stereocenters. The van der Waals surface area contributed by atoms with E-state index in [1.54, 1.807) is 24.4 Å². The van der Waals surface area contributed by atoms with Gasteiger partial charge >= 0.3 is 0 Å². The number of rotatable bonds is 4. The first-order valence-corrected chi connectivity index (χ1v) is 5.17. The van der Waals surface area contributed by atoms with E-state index in [4.69, 9.17) is 11.6 Å². The zero-order valence-electron chi connectivity index (χ0n) is 9.00. The van der Waals surface area contributed by atoms with Crippen molar-refractivity contribution >= 4 is 17.3 Å². The highest BCUT2D eigenvalue weighted by molar-refractivity contribution is 6.30. The number of hydrogen-bond acceptors (Lipinski definition) is 1. The lowest BCUT2D eigenvalue weighted by Crippen LogP contribution is -1.89. The third-order valence-electron chi connectivity index (χ3n) is 1.82. The van der Waals surface area contributed by atoms with Crippen LogP contribution in [0.4, 0.5) is 10.1 Å². The zero-order valence-corrected chi connectivity index (χ0v) is 9.76. The molecule has 0 aromatic heterocycles. The van der Waals surface area contributed by atoms with Gasteiger partial charge in [-0.2, -0.15) is 0 Å². The van der Waals surface area contributed by atoms with E-state index in [9.17, 15) is 4.39 Å².